The topological polar surface area (TPSA) is 100 Å². The molecule has 9 nitrogen and oxygen atoms in total. The number of anilines is 1. The molecular formula is C25H30N4O5S. The van der Waals surface area contributed by atoms with E-state index in [0.717, 1.165) is 11.3 Å². The molecule has 2 aliphatic rings. The number of amides is 1. The molecule has 0 bridgehead atoms. The van der Waals surface area contributed by atoms with E-state index in [2.05, 4.69) is 16.5 Å². The van der Waals surface area contributed by atoms with Gasteiger partial charge in [-0.05, 0) is 29.8 Å². The molecule has 1 amide bonds. The first-order valence-corrected chi connectivity index (χ1v) is 13.0. The lowest BCUT2D eigenvalue weighted by atomic mass is 9.89. The summed E-state index contributed by atoms with van der Waals surface area (Å²) in [4.78, 5) is 33.0. The third-order valence-corrected chi connectivity index (χ3v) is 8.44. The van der Waals surface area contributed by atoms with E-state index >= 15 is 0 Å². The van der Waals surface area contributed by atoms with E-state index in [-0.39, 0.29) is 43.0 Å². The highest BCUT2D eigenvalue weighted by Crippen LogP contribution is 2.31. The largest absolute Gasteiger partial charge is 0.457 e. The normalized spacial score (nSPS) is 18.8. The van der Waals surface area contributed by atoms with E-state index in [1.165, 1.54) is 23.4 Å². The van der Waals surface area contributed by atoms with E-state index in [0.29, 0.717) is 25.9 Å². The third-order valence-electron chi connectivity index (χ3n) is 6.58. The van der Waals surface area contributed by atoms with Crippen molar-refractivity contribution in [2.45, 2.75) is 30.3 Å². The molecule has 1 aromatic carbocycles. The highest BCUT2D eigenvalue weighted by Gasteiger charge is 2.42. The SMILES string of the molecule is C=Cc1ccc(S(=O)(=O)N2CCN(CC3(OC(C)=O)CCN(c4ccncc4)CC3)C(=O)C2)cc1. The van der Waals surface area contributed by atoms with Crippen molar-refractivity contribution in [2.24, 2.45) is 0 Å². The second-order valence-corrected chi connectivity index (χ2v) is 10.8. The molecular weight excluding hydrogens is 468 g/mol. The molecule has 2 saturated heterocycles. The number of ether oxygens (including phenoxy) is 1. The molecule has 0 atom stereocenters. The van der Waals surface area contributed by atoms with Gasteiger partial charge in [0, 0.05) is 64.0 Å². The maximum atomic E-state index is 13.1. The quantitative estimate of drug-likeness (QED) is 0.540. The molecule has 4 rings (SSSR count). The summed E-state index contributed by atoms with van der Waals surface area (Å²) in [7, 11) is -3.79. The second kappa shape index (κ2) is 10.2. The summed E-state index contributed by atoms with van der Waals surface area (Å²) >= 11 is 0. The number of hydrogen-bond donors (Lipinski definition) is 0. The van der Waals surface area contributed by atoms with Crippen LogP contribution in [0.25, 0.3) is 6.08 Å². The summed E-state index contributed by atoms with van der Waals surface area (Å²) in [6, 6.07) is 10.3. The van der Waals surface area contributed by atoms with Gasteiger partial charge in [-0.3, -0.25) is 14.6 Å². The lowest BCUT2D eigenvalue weighted by Crippen LogP contribution is -2.59. The molecule has 2 fully saturated rings. The smallest absolute Gasteiger partial charge is 0.303 e. The monoisotopic (exact) mass is 498 g/mol. The Balaban J connectivity index is 1.43. The number of esters is 1. The lowest BCUT2D eigenvalue weighted by Gasteiger charge is -2.45. The van der Waals surface area contributed by atoms with Gasteiger partial charge in [-0.15, -0.1) is 0 Å². The molecule has 10 heteroatoms. The van der Waals surface area contributed by atoms with Crippen molar-refractivity contribution < 1.29 is 22.7 Å². The van der Waals surface area contributed by atoms with Gasteiger partial charge in [0.15, 0.2) is 0 Å². The number of nitrogens with zero attached hydrogens (tertiary/aromatic N) is 4. The molecule has 2 aliphatic heterocycles. The Hall–Kier alpha value is -3.24. The summed E-state index contributed by atoms with van der Waals surface area (Å²) in [5.74, 6) is -0.690. The van der Waals surface area contributed by atoms with Gasteiger partial charge in [0.25, 0.3) is 0 Å². The molecule has 2 aromatic rings. The van der Waals surface area contributed by atoms with Crippen LogP contribution in [0.4, 0.5) is 5.69 Å². The first kappa shape index (κ1) is 24.9. The molecule has 0 saturated carbocycles. The fourth-order valence-corrected chi connectivity index (χ4v) is 6.04. The Labute approximate surface area is 206 Å². The molecule has 1 aromatic heterocycles. The van der Waals surface area contributed by atoms with Gasteiger partial charge in [-0.1, -0.05) is 24.8 Å². The van der Waals surface area contributed by atoms with Crippen molar-refractivity contribution in [1.29, 1.82) is 0 Å². The van der Waals surface area contributed by atoms with Crippen LogP contribution in [-0.2, 0) is 24.3 Å². The van der Waals surface area contributed by atoms with Gasteiger partial charge in [0.1, 0.15) is 5.60 Å². The van der Waals surface area contributed by atoms with Crippen LogP contribution < -0.4 is 4.90 Å². The maximum absolute atomic E-state index is 13.1. The minimum atomic E-state index is -3.79. The molecule has 0 aliphatic carbocycles. The highest BCUT2D eigenvalue weighted by atomic mass is 32.2. The number of hydrogen-bond acceptors (Lipinski definition) is 7. The zero-order valence-corrected chi connectivity index (χ0v) is 20.6. The van der Waals surface area contributed by atoms with Crippen molar-refractivity contribution in [2.75, 3.05) is 44.2 Å². The van der Waals surface area contributed by atoms with Gasteiger partial charge in [0.2, 0.25) is 15.9 Å². The van der Waals surface area contributed by atoms with Crippen molar-refractivity contribution >= 4 is 33.7 Å². The Bertz CT molecular complexity index is 1180. The van der Waals surface area contributed by atoms with Crippen LogP contribution in [0.1, 0.15) is 25.3 Å². The minimum Gasteiger partial charge on any atom is -0.457 e. The standard InChI is InChI=1S/C25H30N4O5S/c1-3-21-4-6-23(7-5-21)35(32,33)29-17-16-28(24(31)18-29)19-25(34-20(2)30)10-14-27(15-11-25)22-8-12-26-13-9-22/h3-9,12-13H,1,10-11,14-19H2,2H3. The molecule has 0 unspecified atom stereocenters. The fraction of sp³-hybridized carbons (Fsp3) is 0.400. The van der Waals surface area contributed by atoms with Crippen molar-refractivity contribution in [3.63, 3.8) is 0 Å². The van der Waals surface area contributed by atoms with Crippen molar-refractivity contribution in [1.82, 2.24) is 14.2 Å². The maximum Gasteiger partial charge on any atom is 0.303 e. The summed E-state index contributed by atoms with van der Waals surface area (Å²) in [5.41, 5.74) is 1.06. The number of rotatable bonds is 7. The number of pyridine rings is 1. The van der Waals surface area contributed by atoms with Crippen LogP contribution in [0.15, 0.2) is 60.3 Å². The van der Waals surface area contributed by atoms with E-state index in [1.807, 2.05) is 12.1 Å². The number of piperazine rings is 1. The van der Waals surface area contributed by atoms with Crippen molar-refractivity contribution in [3.05, 3.63) is 60.9 Å². The predicted octanol–water partition coefficient (Wildman–Crippen LogP) is 2.16. The molecule has 35 heavy (non-hydrogen) atoms. The van der Waals surface area contributed by atoms with E-state index < -0.39 is 15.6 Å². The number of sulfonamides is 1. The second-order valence-electron chi connectivity index (χ2n) is 8.90. The fourth-order valence-electron chi connectivity index (χ4n) is 4.66. The van der Waals surface area contributed by atoms with Gasteiger partial charge >= 0.3 is 5.97 Å². The Morgan fingerprint density at radius 2 is 1.74 bits per heavy atom. The molecule has 3 heterocycles. The summed E-state index contributed by atoms with van der Waals surface area (Å²) in [6.07, 6.45) is 6.25. The number of piperidine rings is 1. The van der Waals surface area contributed by atoms with E-state index in [4.69, 9.17) is 4.74 Å². The number of carbonyl (C=O) groups excluding carboxylic acids is 2. The Kier molecular flexibility index (Phi) is 7.23. The van der Waals surface area contributed by atoms with Gasteiger partial charge in [-0.25, -0.2) is 8.42 Å². The van der Waals surface area contributed by atoms with Gasteiger partial charge < -0.3 is 14.5 Å². The summed E-state index contributed by atoms with van der Waals surface area (Å²) in [6.45, 7) is 6.80. The molecule has 0 radical (unpaired) electrons. The average Bonchev–Trinajstić information content (AvgIpc) is 2.86. The first-order valence-electron chi connectivity index (χ1n) is 11.6. The van der Waals surface area contributed by atoms with Crippen LogP contribution in [0.5, 0.6) is 0 Å². The van der Waals surface area contributed by atoms with Gasteiger partial charge in [0.05, 0.1) is 18.0 Å². The Morgan fingerprint density at radius 3 is 2.31 bits per heavy atom. The van der Waals surface area contributed by atoms with Crippen LogP contribution >= 0.6 is 0 Å². The zero-order valence-electron chi connectivity index (χ0n) is 19.8. The van der Waals surface area contributed by atoms with Gasteiger partial charge in [-0.2, -0.15) is 4.31 Å². The van der Waals surface area contributed by atoms with Crippen molar-refractivity contribution in [3.8, 4) is 0 Å². The number of aromatic nitrogens is 1. The van der Waals surface area contributed by atoms with Crippen LogP contribution in [0.3, 0.4) is 0 Å². The lowest BCUT2D eigenvalue weighted by molar-refractivity contribution is -0.165. The predicted molar refractivity (Wildman–Crippen MR) is 132 cm³/mol. The molecule has 0 spiro atoms. The first-order chi connectivity index (χ1) is 16.7. The molecule has 186 valence electrons. The summed E-state index contributed by atoms with van der Waals surface area (Å²) < 4.78 is 33.1. The molecule has 0 N–H and O–H groups in total. The average molecular weight is 499 g/mol. The summed E-state index contributed by atoms with van der Waals surface area (Å²) in [5, 5.41) is 0. The van der Waals surface area contributed by atoms with Crippen LogP contribution in [0, 0.1) is 0 Å². The van der Waals surface area contributed by atoms with E-state index in [9.17, 15) is 18.0 Å². The zero-order chi connectivity index (χ0) is 25.1. The highest BCUT2D eigenvalue weighted by molar-refractivity contribution is 7.89. The van der Waals surface area contributed by atoms with E-state index in [1.54, 1.807) is 35.5 Å². The number of benzene rings is 1. The third kappa shape index (κ3) is 5.54. The Morgan fingerprint density at radius 1 is 1.09 bits per heavy atom. The van der Waals surface area contributed by atoms with Crippen LogP contribution in [0.2, 0.25) is 0 Å². The van der Waals surface area contributed by atoms with Crippen LogP contribution in [-0.4, -0.2) is 79.4 Å². The minimum absolute atomic E-state index is 0.143. The number of carbonyl (C=O) groups is 2.